The molecule has 6 heteroatoms. The lowest BCUT2D eigenvalue weighted by molar-refractivity contribution is 0.0474. The van der Waals surface area contributed by atoms with Gasteiger partial charge in [0.1, 0.15) is 5.15 Å². The van der Waals surface area contributed by atoms with Crippen LogP contribution in [0.25, 0.3) is 5.69 Å². The van der Waals surface area contributed by atoms with Crippen LogP contribution in [0.1, 0.15) is 32.1 Å². The maximum absolute atomic E-state index is 12.5. The number of ether oxygens (including phenoxy) is 1. The molecule has 0 aliphatic carbocycles. The van der Waals surface area contributed by atoms with E-state index in [2.05, 4.69) is 4.98 Å². The fourth-order valence-corrected chi connectivity index (χ4v) is 2.92. The van der Waals surface area contributed by atoms with Gasteiger partial charge in [-0.2, -0.15) is 0 Å². The normalized spacial score (nSPS) is 10.6. The van der Waals surface area contributed by atoms with Crippen LogP contribution in [0.4, 0.5) is 0 Å². The Morgan fingerprint density at radius 2 is 1.85 bits per heavy atom. The molecule has 0 unspecified atom stereocenters. The first kappa shape index (κ1) is 17.9. The molecule has 3 aromatic rings. The third-order valence-electron chi connectivity index (χ3n) is 4.04. The topological polar surface area (TPSA) is 61.2 Å². The molecule has 0 fully saturated rings. The van der Waals surface area contributed by atoms with Crippen molar-refractivity contribution in [3.8, 4) is 5.69 Å². The number of ketones is 1. The van der Waals surface area contributed by atoms with Crippen LogP contribution in [-0.2, 0) is 4.74 Å². The van der Waals surface area contributed by atoms with E-state index in [9.17, 15) is 9.59 Å². The van der Waals surface area contributed by atoms with E-state index in [1.807, 2.05) is 54.8 Å². The lowest BCUT2D eigenvalue weighted by Crippen LogP contribution is -2.15. The van der Waals surface area contributed by atoms with Crippen LogP contribution < -0.4 is 0 Å². The van der Waals surface area contributed by atoms with Gasteiger partial charge in [-0.3, -0.25) is 4.79 Å². The predicted octanol–water partition coefficient (Wildman–Crippen LogP) is 4.18. The zero-order valence-corrected chi connectivity index (χ0v) is 15.2. The van der Waals surface area contributed by atoms with Gasteiger partial charge < -0.3 is 9.30 Å². The number of halogens is 1. The van der Waals surface area contributed by atoms with E-state index < -0.39 is 5.97 Å². The summed E-state index contributed by atoms with van der Waals surface area (Å²) < 4.78 is 7.11. The number of rotatable bonds is 5. The Labute approximate surface area is 156 Å². The standard InChI is InChI=1S/C20H17ClN2O3/c1-13-10-17(14(2)23(13)16-6-4-3-5-7-16)18(24)12-26-20(25)15-8-9-19(21)22-11-15/h3-11H,12H2,1-2H3. The monoisotopic (exact) mass is 368 g/mol. The van der Waals surface area contributed by atoms with Crippen LogP contribution in [0.2, 0.25) is 5.15 Å². The van der Waals surface area contributed by atoms with Crippen molar-refractivity contribution in [1.82, 2.24) is 9.55 Å². The summed E-state index contributed by atoms with van der Waals surface area (Å²) in [6.07, 6.45) is 1.32. The summed E-state index contributed by atoms with van der Waals surface area (Å²) in [5.41, 5.74) is 3.50. The summed E-state index contributed by atoms with van der Waals surface area (Å²) in [4.78, 5) is 28.4. The lowest BCUT2D eigenvalue weighted by Gasteiger charge is -2.09. The molecule has 2 aromatic heterocycles. The van der Waals surface area contributed by atoms with Crippen molar-refractivity contribution < 1.29 is 14.3 Å². The molecule has 0 saturated heterocycles. The molecule has 0 N–H and O–H groups in total. The Morgan fingerprint density at radius 3 is 2.50 bits per heavy atom. The Morgan fingerprint density at radius 1 is 1.12 bits per heavy atom. The Hall–Kier alpha value is -2.92. The highest BCUT2D eigenvalue weighted by Gasteiger charge is 2.18. The first-order valence-electron chi connectivity index (χ1n) is 8.03. The third kappa shape index (κ3) is 3.68. The molecule has 132 valence electrons. The van der Waals surface area contributed by atoms with Gasteiger partial charge >= 0.3 is 5.97 Å². The number of esters is 1. The van der Waals surface area contributed by atoms with E-state index in [0.29, 0.717) is 5.56 Å². The first-order valence-corrected chi connectivity index (χ1v) is 8.41. The van der Waals surface area contributed by atoms with Crippen LogP contribution in [-0.4, -0.2) is 27.9 Å². The van der Waals surface area contributed by atoms with E-state index in [1.165, 1.54) is 18.3 Å². The van der Waals surface area contributed by atoms with Crippen molar-refractivity contribution in [3.63, 3.8) is 0 Å². The minimum absolute atomic E-state index is 0.247. The van der Waals surface area contributed by atoms with Gasteiger partial charge in [0.05, 0.1) is 5.56 Å². The number of Topliss-reactive ketones (excluding diaryl/α,β-unsaturated/α-hetero) is 1. The van der Waals surface area contributed by atoms with E-state index >= 15 is 0 Å². The summed E-state index contributed by atoms with van der Waals surface area (Å²) >= 11 is 5.69. The smallest absolute Gasteiger partial charge is 0.340 e. The van der Waals surface area contributed by atoms with E-state index in [4.69, 9.17) is 16.3 Å². The highest BCUT2D eigenvalue weighted by Crippen LogP contribution is 2.21. The third-order valence-corrected chi connectivity index (χ3v) is 4.27. The van der Waals surface area contributed by atoms with Gasteiger partial charge in [-0.1, -0.05) is 29.8 Å². The van der Waals surface area contributed by atoms with Gasteiger partial charge in [0.25, 0.3) is 0 Å². The fraction of sp³-hybridized carbons (Fsp3) is 0.150. The number of hydrogen-bond acceptors (Lipinski definition) is 4. The van der Waals surface area contributed by atoms with Crippen LogP contribution in [0.5, 0.6) is 0 Å². The average Bonchev–Trinajstić information content (AvgIpc) is 2.95. The van der Waals surface area contributed by atoms with Crippen LogP contribution in [0, 0.1) is 13.8 Å². The summed E-state index contributed by atoms with van der Waals surface area (Å²) in [7, 11) is 0. The number of para-hydroxylation sites is 1. The molecule has 0 bridgehead atoms. The quantitative estimate of drug-likeness (QED) is 0.385. The summed E-state index contributed by atoms with van der Waals surface area (Å²) in [5.74, 6) is -0.866. The van der Waals surface area contributed by atoms with Crippen molar-refractivity contribution in [2.75, 3.05) is 6.61 Å². The Kier molecular flexibility index (Phi) is 5.19. The minimum Gasteiger partial charge on any atom is -0.454 e. The van der Waals surface area contributed by atoms with Crippen molar-refractivity contribution in [2.45, 2.75) is 13.8 Å². The number of aromatic nitrogens is 2. The van der Waals surface area contributed by atoms with Gasteiger partial charge in [0.15, 0.2) is 6.61 Å². The number of aryl methyl sites for hydroxylation is 1. The van der Waals surface area contributed by atoms with Crippen molar-refractivity contribution in [1.29, 1.82) is 0 Å². The molecule has 0 aliphatic rings. The number of benzene rings is 1. The number of carbonyl (C=O) groups excluding carboxylic acids is 2. The maximum Gasteiger partial charge on any atom is 0.340 e. The van der Waals surface area contributed by atoms with Gasteiger partial charge in [-0.15, -0.1) is 0 Å². The van der Waals surface area contributed by atoms with Gasteiger partial charge in [-0.25, -0.2) is 9.78 Å². The largest absolute Gasteiger partial charge is 0.454 e. The van der Waals surface area contributed by atoms with Crippen molar-refractivity contribution >= 4 is 23.4 Å². The highest BCUT2D eigenvalue weighted by molar-refractivity contribution is 6.29. The molecule has 5 nitrogen and oxygen atoms in total. The molecule has 0 atom stereocenters. The average molecular weight is 369 g/mol. The molecule has 1 aromatic carbocycles. The molecule has 26 heavy (non-hydrogen) atoms. The fourth-order valence-electron chi connectivity index (χ4n) is 2.81. The predicted molar refractivity (Wildman–Crippen MR) is 99.1 cm³/mol. The summed E-state index contributed by atoms with van der Waals surface area (Å²) in [6.45, 7) is 3.47. The molecule has 0 aliphatic heterocycles. The zero-order chi connectivity index (χ0) is 18.7. The molecule has 0 saturated carbocycles. The SMILES string of the molecule is Cc1cc(C(=O)COC(=O)c2ccc(Cl)nc2)c(C)n1-c1ccccc1. The highest BCUT2D eigenvalue weighted by atomic mass is 35.5. The van der Waals surface area contributed by atoms with Gasteiger partial charge in [0.2, 0.25) is 5.78 Å². The number of pyridine rings is 1. The van der Waals surface area contributed by atoms with E-state index in [-0.39, 0.29) is 23.1 Å². The lowest BCUT2D eigenvalue weighted by atomic mass is 10.1. The second-order valence-electron chi connectivity index (χ2n) is 5.82. The maximum atomic E-state index is 12.5. The molecule has 0 spiro atoms. The second-order valence-corrected chi connectivity index (χ2v) is 6.21. The molecule has 3 rings (SSSR count). The molecular weight excluding hydrogens is 352 g/mol. The van der Waals surface area contributed by atoms with Crippen LogP contribution >= 0.6 is 11.6 Å². The molecular formula is C20H17ClN2O3. The van der Waals surface area contributed by atoms with Gasteiger partial charge in [0, 0.05) is 28.8 Å². The van der Waals surface area contributed by atoms with Crippen LogP contribution in [0.15, 0.2) is 54.7 Å². The summed E-state index contributed by atoms with van der Waals surface area (Å²) in [5, 5.41) is 0.283. The Balaban J connectivity index is 1.74. The van der Waals surface area contributed by atoms with Crippen molar-refractivity contribution in [2.24, 2.45) is 0 Å². The number of nitrogens with zero attached hydrogens (tertiary/aromatic N) is 2. The number of hydrogen-bond donors (Lipinski definition) is 0. The van der Waals surface area contributed by atoms with Crippen LogP contribution in [0.3, 0.4) is 0 Å². The molecule has 0 radical (unpaired) electrons. The summed E-state index contributed by atoms with van der Waals surface area (Å²) in [6, 6.07) is 14.6. The first-order chi connectivity index (χ1) is 12.5. The van der Waals surface area contributed by atoms with E-state index in [0.717, 1.165) is 17.1 Å². The number of carbonyl (C=O) groups is 2. The van der Waals surface area contributed by atoms with Crippen molar-refractivity contribution in [3.05, 3.63) is 82.4 Å². The minimum atomic E-state index is -0.612. The molecule has 2 heterocycles. The van der Waals surface area contributed by atoms with Gasteiger partial charge in [-0.05, 0) is 44.2 Å². The van der Waals surface area contributed by atoms with E-state index in [1.54, 1.807) is 0 Å². The zero-order valence-electron chi connectivity index (χ0n) is 14.4. The Bertz CT molecular complexity index is 947. The second kappa shape index (κ2) is 7.54. The molecule has 0 amide bonds.